The lowest BCUT2D eigenvalue weighted by Crippen LogP contribution is -2.12. The van der Waals surface area contributed by atoms with Crippen LogP contribution in [-0.2, 0) is 6.54 Å². The SMILES string of the molecule is Cc1csc(CNc2ccc(C(N)=S)c(F)c2)n1. The number of benzene rings is 1. The molecule has 0 saturated heterocycles. The fourth-order valence-corrected chi connectivity index (χ4v) is 2.36. The summed E-state index contributed by atoms with van der Waals surface area (Å²) < 4.78 is 13.6. The predicted molar refractivity (Wildman–Crippen MR) is 76.5 cm³/mol. The van der Waals surface area contributed by atoms with E-state index in [4.69, 9.17) is 18.0 Å². The monoisotopic (exact) mass is 281 g/mol. The number of hydrogen-bond donors (Lipinski definition) is 2. The Morgan fingerprint density at radius 2 is 2.33 bits per heavy atom. The first-order chi connectivity index (χ1) is 8.56. The van der Waals surface area contributed by atoms with Gasteiger partial charge < -0.3 is 11.1 Å². The number of nitrogens with one attached hydrogen (secondary N) is 1. The number of anilines is 1. The van der Waals surface area contributed by atoms with Crippen molar-refractivity contribution in [1.82, 2.24) is 4.98 Å². The van der Waals surface area contributed by atoms with Crippen molar-refractivity contribution >= 4 is 34.2 Å². The van der Waals surface area contributed by atoms with E-state index < -0.39 is 5.82 Å². The fourth-order valence-electron chi connectivity index (χ4n) is 1.49. The standard InChI is InChI=1S/C12H12FN3S2/c1-7-6-18-11(16-7)5-15-8-2-3-9(12(14)17)10(13)4-8/h2-4,6,15H,5H2,1H3,(H2,14,17). The van der Waals surface area contributed by atoms with Crippen molar-refractivity contribution in [3.63, 3.8) is 0 Å². The molecule has 0 fully saturated rings. The highest BCUT2D eigenvalue weighted by atomic mass is 32.1. The van der Waals surface area contributed by atoms with Crippen LogP contribution < -0.4 is 11.1 Å². The van der Waals surface area contributed by atoms with E-state index >= 15 is 0 Å². The predicted octanol–water partition coefficient (Wildman–Crippen LogP) is 2.84. The van der Waals surface area contributed by atoms with Crippen LogP contribution in [0.2, 0.25) is 0 Å². The minimum absolute atomic E-state index is 0.0644. The van der Waals surface area contributed by atoms with Gasteiger partial charge in [0.2, 0.25) is 0 Å². The number of nitrogens with zero attached hydrogens (tertiary/aromatic N) is 1. The third kappa shape index (κ3) is 3.02. The number of thiocarbonyl (C=S) groups is 1. The maximum atomic E-state index is 13.6. The molecule has 1 heterocycles. The van der Waals surface area contributed by atoms with E-state index in [1.165, 1.54) is 6.07 Å². The molecular formula is C12H12FN3S2. The van der Waals surface area contributed by atoms with Gasteiger partial charge in [0.1, 0.15) is 15.8 Å². The van der Waals surface area contributed by atoms with Gasteiger partial charge in [0.05, 0.1) is 6.54 Å². The molecule has 1 aromatic carbocycles. The molecule has 2 rings (SSSR count). The van der Waals surface area contributed by atoms with Crippen molar-refractivity contribution in [3.05, 3.63) is 45.7 Å². The zero-order valence-electron chi connectivity index (χ0n) is 9.74. The molecule has 0 aliphatic heterocycles. The summed E-state index contributed by atoms with van der Waals surface area (Å²) in [5.74, 6) is -0.414. The summed E-state index contributed by atoms with van der Waals surface area (Å²) in [5, 5.41) is 6.05. The van der Waals surface area contributed by atoms with E-state index in [9.17, 15) is 4.39 Å². The molecule has 0 amide bonds. The number of thiazole rings is 1. The molecule has 0 atom stereocenters. The quantitative estimate of drug-likeness (QED) is 0.846. The number of aromatic nitrogens is 1. The highest BCUT2D eigenvalue weighted by Gasteiger charge is 2.06. The highest BCUT2D eigenvalue weighted by Crippen LogP contribution is 2.16. The molecule has 0 aliphatic rings. The van der Waals surface area contributed by atoms with Crippen LogP contribution >= 0.6 is 23.6 Å². The van der Waals surface area contributed by atoms with Gasteiger partial charge in [-0.1, -0.05) is 12.2 Å². The molecule has 0 spiro atoms. The lowest BCUT2D eigenvalue weighted by atomic mass is 10.2. The summed E-state index contributed by atoms with van der Waals surface area (Å²) in [6.07, 6.45) is 0. The van der Waals surface area contributed by atoms with E-state index in [2.05, 4.69) is 10.3 Å². The van der Waals surface area contributed by atoms with E-state index in [1.54, 1.807) is 23.5 Å². The number of halogens is 1. The van der Waals surface area contributed by atoms with Crippen LogP contribution in [0, 0.1) is 12.7 Å². The number of rotatable bonds is 4. The van der Waals surface area contributed by atoms with Crippen LogP contribution in [0.1, 0.15) is 16.3 Å². The lowest BCUT2D eigenvalue weighted by molar-refractivity contribution is 0.626. The van der Waals surface area contributed by atoms with Crippen molar-refractivity contribution in [1.29, 1.82) is 0 Å². The van der Waals surface area contributed by atoms with Crippen LogP contribution in [0.25, 0.3) is 0 Å². The molecule has 0 unspecified atom stereocenters. The zero-order valence-corrected chi connectivity index (χ0v) is 11.4. The maximum absolute atomic E-state index is 13.6. The van der Waals surface area contributed by atoms with Gasteiger partial charge in [-0.3, -0.25) is 0 Å². The van der Waals surface area contributed by atoms with Gasteiger partial charge in [-0.05, 0) is 25.1 Å². The Balaban J connectivity index is 2.06. The van der Waals surface area contributed by atoms with Crippen LogP contribution in [0.15, 0.2) is 23.6 Å². The van der Waals surface area contributed by atoms with Crippen molar-refractivity contribution in [3.8, 4) is 0 Å². The molecule has 94 valence electrons. The van der Waals surface area contributed by atoms with Gasteiger partial charge in [-0.2, -0.15) is 0 Å². The van der Waals surface area contributed by atoms with Gasteiger partial charge >= 0.3 is 0 Å². The first-order valence-corrected chi connectivity index (χ1v) is 6.59. The fraction of sp³-hybridized carbons (Fsp3) is 0.167. The van der Waals surface area contributed by atoms with E-state index in [0.717, 1.165) is 10.7 Å². The van der Waals surface area contributed by atoms with Crippen LogP contribution in [-0.4, -0.2) is 9.97 Å². The molecule has 6 heteroatoms. The molecule has 0 saturated carbocycles. The second-order valence-electron chi connectivity index (χ2n) is 3.80. The molecule has 3 N–H and O–H groups in total. The van der Waals surface area contributed by atoms with Gasteiger partial charge in [0.25, 0.3) is 0 Å². The minimum Gasteiger partial charge on any atom is -0.389 e. The van der Waals surface area contributed by atoms with Crippen molar-refractivity contribution in [2.75, 3.05) is 5.32 Å². The summed E-state index contributed by atoms with van der Waals surface area (Å²) >= 11 is 6.32. The largest absolute Gasteiger partial charge is 0.389 e. The molecule has 1 aromatic heterocycles. The molecule has 0 aliphatic carbocycles. The first-order valence-electron chi connectivity index (χ1n) is 5.30. The average molecular weight is 281 g/mol. The smallest absolute Gasteiger partial charge is 0.135 e. The Labute approximate surface area is 114 Å². The van der Waals surface area contributed by atoms with Gasteiger partial charge in [0.15, 0.2) is 0 Å². The normalized spacial score (nSPS) is 10.3. The van der Waals surface area contributed by atoms with Crippen LogP contribution in [0.3, 0.4) is 0 Å². The van der Waals surface area contributed by atoms with Crippen LogP contribution in [0.5, 0.6) is 0 Å². The number of hydrogen-bond acceptors (Lipinski definition) is 4. The highest BCUT2D eigenvalue weighted by molar-refractivity contribution is 7.80. The van der Waals surface area contributed by atoms with E-state index in [0.29, 0.717) is 12.2 Å². The van der Waals surface area contributed by atoms with Crippen molar-refractivity contribution in [2.24, 2.45) is 5.73 Å². The Morgan fingerprint density at radius 1 is 1.56 bits per heavy atom. The van der Waals surface area contributed by atoms with Gasteiger partial charge in [0, 0.05) is 22.3 Å². The summed E-state index contributed by atoms with van der Waals surface area (Å²) in [4.78, 5) is 4.38. The third-order valence-corrected chi connectivity index (χ3v) is 3.53. The first kappa shape index (κ1) is 12.9. The Kier molecular flexibility index (Phi) is 3.88. The topological polar surface area (TPSA) is 50.9 Å². The second kappa shape index (κ2) is 5.41. The second-order valence-corrected chi connectivity index (χ2v) is 5.18. The molecule has 3 nitrogen and oxygen atoms in total. The molecule has 2 aromatic rings. The number of aryl methyl sites for hydroxylation is 1. The Bertz CT molecular complexity index is 580. The maximum Gasteiger partial charge on any atom is 0.135 e. The summed E-state index contributed by atoms with van der Waals surface area (Å²) in [6.45, 7) is 2.51. The van der Waals surface area contributed by atoms with E-state index in [-0.39, 0.29) is 10.6 Å². The van der Waals surface area contributed by atoms with E-state index in [1.807, 2.05) is 12.3 Å². The summed E-state index contributed by atoms with van der Waals surface area (Å²) in [7, 11) is 0. The Hall–Kier alpha value is -1.53. The van der Waals surface area contributed by atoms with Crippen molar-refractivity contribution in [2.45, 2.75) is 13.5 Å². The van der Waals surface area contributed by atoms with Crippen molar-refractivity contribution < 1.29 is 4.39 Å². The van der Waals surface area contributed by atoms with Crippen LogP contribution in [0.4, 0.5) is 10.1 Å². The molecular weight excluding hydrogens is 269 g/mol. The molecule has 0 radical (unpaired) electrons. The Morgan fingerprint density at radius 3 is 2.89 bits per heavy atom. The lowest BCUT2D eigenvalue weighted by Gasteiger charge is -2.06. The minimum atomic E-state index is -0.414. The number of nitrogens with two attached hydrogens (primary N) is 1. The summed E-state index contributed by atoms with van der Waals surface area (Å²) in [6, 6.07) is 4.71. The average Bonchev–Trinajstić information content (AvgIpc) is 2.72. The molecule has 18 heavy (non-hydrogen) atoms. The van der Waals surface area contributed by atoms with Gasteiger partial charge in [-0.15, -0.1) is 11.3 Å². The van der Waals surface area contributed by atoms with Gasteiger partial charge in [-0.25, -0.2) is 9.37 Å². The third-order valence-electron chi connectivity index (χ3n) is 2.34. The molecule has 0 bridgehead atoms. The summed E-state index contributed by atoms with van der Waals surface area (Å²) in [5.41, 5.74) is 7.33. The zero-order chi connectivity index (χ0) is 13.1.